The van der Waals surface area contributed by atoms with Crippen LogP contribution in [-0.4, -0.2) is 17.1 Å². The summed E-state index contributed by atoms with van der Waals surface area (Å²) in [7, 11) is 0. The zero-order chi connectivity index (χ0) is 10.8. The first-order chi connectivity index (χ1) is 7.19. The minimum Gasteiger partial charge on any atom is -0.391 e. The number of alkyl halides is 1. The van der Waals surface area contributed by atoms with E-state index in [0.717, 1.165) is 6.07 Å². The van der Waals surface area contributed by atoms with E-state index in [1.165, 1.54) is 12.1 Å². The second-order valence-corrected chi connectivity index (χ2v) is 3.93. The van der Waals surface area contributed by atoms with Gasteiger partial charge in [-0.1, -0.05) is 21.1 Å². The van der Waals surface area contributed by atoms with Gasteiger partial charge in [0.15, 0.2) is 0 Å². The predicted molar refractivity (Wildman–Crippen MR) is 56.2 cm³/mol. The minimum atomic E-state index is -0.602. The molecule has 15 heavy (non-hydrogen) atoms. The highest BCUT2D eigenvalue weighted by Crippen LogP contribution is 2.19. The van der Waals surface area contributed by atoms with Crippen molar-refractivity contribution >= 4 is 21.6 Å². The van der Waals surface area contributed by atoms with Gasteiger partial charge >= 0.3 is 0 Å². The van der Waals surface area contributed by atoms with E-state index in [-0.39, 0.29) is 6.10 Å². The van der Waals surface area contributed by atoms with Crippen molar-refractivity contribution in [2.45, 2.75) is 12.5 Å². The lowest BCUT2D eigenvalue weighted by Gasteiger charge is -2.01. The van der Waals surface area contributed by atoms with Crippen LogP contribution in [0, 0.1) is 11.6 Å². The fraction of sp³-hybridized carbons (Fsp3) is 0.300. The van der Waals surface area contributed by atoms with Gasteiger partial charge in [0.2, 0.25) is 0 Å². The van der Waals surface area contributed by atoms with Gasteiger partial charge in [-0.05, 0) is 12.1 Å². The van der Waals surface area contributed by atoms with Crippen molar-refractivity contribution < 1.29 is 13.6 Å². The van der Waals surface area contributed by atoms with Gasteiger partial charge in [0, 0.05) is 23.4 Å². The molecule has 1 aliphatic heterocycles. The maximum Gasteiger partial charge on any atom is 0.142 e. The van der Waals surface area contributed by atoms with Crippen LogP contribution in [0.25, 0.3) is 0 Å². The van der Waals surface area contributed by atoms with E-state index in [1.807, 2.05) is 0 Å². The Morgan fingerprint density at radius 2 is 2.00 bits per heavy atom. The van der Waals surface area contributed by atoms with Gasteiger partial charge in [-0.2, -0.15) is 0 Å². The van der Waals surface area contributed by atoms with Gasteiger partial charge in [-0.3, -0.25) is 0 Å². The van der Waals surface area contributed by atoms with E-state index < -0.39 is 11.6 Å². The Morgan fingerprint density at radius 1 is 1.33 bits per heavy atom. The van der Waals surface area contributed by atoms with E-state index in [4.69, 9.17) is 4.84 Å². The molecular weight excluding hydrogens is 268 g/mol. The lowest BCUT2D eigenvalue weighted by atomic mass is 10.1. The Labute approximate surface area is 94.0 Å². The zero-order valence-electron chi connectivity index (χ0n) is 7.71. The van der Waals surface area contributed by atoms with E-state index >= 15 is 0 Å². The summed E-state index contributed by atoms with van der Waals surface area (Å²) in [5.74, 6) is -1.20. The molecule has 0 N–H and O–H groups in total. The summed E-state index contributed by atoms with van der Waals surface area (Å²) >= 11 is 3.26. The molecule has 2 rings (SSSR count). The number of rotatable bonds is 2. The van der Waals surface area contributed by atoms with Gasteiger partial charge in [0.1, 0.15) is 17.7 Å². The first-order valence-corrected chi connectivity index (χ1v) is 5.56. The number of hydrogen-bond donors (Lipinski definition) is 0. The summed E-state index contributed by atoms with van der Waals surface area (Å²) in [4.78, 5) is 5.05. The highest BCUT2D eigenvalue weighted by atomic mass is 79.9. The molecule has 0 amide bonds. The molecule has 0 saturated heterocycles. The Bertz CT molecular complexity index is 388. The largest absolute Gasteiger partial charge is 0.391 e. The highest BCUT2D eigenvalue weighted by molar-refractivity contribution is 9.09. The Morgan fingerprint density at radius 3 is 2.53 bits per heavy atom. The molecule has 1 unspecified atom stereocenters. The molecule has 1 heterocycles. The quantitative estimate of drug-likeness (QED) is 0.761. The molecule has 0 spiro atoms. The SMILES string of the molecule is Fc1cc(F)cc(C2=NOC(CBr)C2)c1. The van der Waals surface area contributed by atoms with Crippen molar-refractivity contribution in [1.29, 1.82) is 0 Å². The predicted octanol–water partition coefficient (Wildman–Crippen LogP) is 2.85. The molecule has 0 bridgehead atoms. The third-order valence-corrected chi connectivity index (χ3v) is 2.82. The van der Waals surface area contributed by atoms with Crippen LogP contribution in [0.1, 0.15) is 12.0 Å². The number of nitrogens with zero attached hydrogens (tertiary/aromatic N) is 1. The van der Waals surface area contributed by atoms with Gasteiger partial charge in [0.05, 0.1) is 5.71 Å². The Balaban J connectivity index is 2.24. The molecule has 0 saturated carbocycles. The van der Waals surface area contributed by atoms with Crippen LogP contribution >= 0.6 is 15.9 Å². The van der Waals surface area contributed by atoms with Gasteiger partial charge < -0.3 is 4.84 Å². The maximum atomic E-state index is 12.9. The smallest absolute Gasteiger partial charge is 0.142 e. The molecule has 5 heteroatoms. The summed E-state index contributed by atoms with van der Waals surface area (Å²) in [6.07, 6.45) is 0.514. The van der Waals surface area contributed by atoms with Gasteiger partial charge in [0.25, 0.3) is 0 Å². The number of halogens is 3. The molecule has 0 radical (unpaired) electrons. The lowest BCUT2D eigenvalue weighted by Crippen LogP contribution is -2.09. The standard InChI is InChI=1S/C10H8BrF2NO/c11-5-9-4-10(14-15-9)6-1-7(12)3-8(13)2-6/h1-3,9H,4-5H2. The van der Waals surface area contributed by atoms with Gasteiger partial charge in [-0.25, -0.2) is 8.78 Å². The van der Waals surface area contributed by atoms with E-state index in [9.17, 15) is 8.78 Å². The van der Waals surface area contributed by atoms with Crippen molar-refractivity contribution in [3.63, 3.8) is 0 Å². The summed E-state index contributed by atoms with van der Waals surface area (Å²) in [5.41, 5.74) is 1.02. The Kier molecular flexibility index (Phi) is 3.00. The van der Waals surface area contributed by atoms with Crippen molar-refractivity contribution in [2.75, 3.05) is 5.33 Å². The van der Waals surface area contributed by atoms with Crippen molar-refractivity contribution in [1.82, 2.24) is 0 Å². The summed E-state index contributed by atoms with van der Waals surface area (Å²) < 4.78 is 25.8. The average molecular weight is 276 g/mol. The van der Waals surface area contributed by atoms with E-state index in [2.05, 4.69) is 21.1 Å². The topological polar surface area (TPSA) is 21.6 Å². The Hall–Kier alpha value is -0.970. The van der Waals surface area contributed by atoms with Crippen LogP contribution in [0.15, 0.2) is 23.4 Å². The van der Waals surface area contributed by atoms with Crippen LogP contribution in [0.2, 0.25) is 0 Å². The number of hydrogen-bond acceptors (Lipinski definition) is 2. The lowest BCUT2D eigenvalue weighted by molar-refractivity contribution is 0.104. The van der Waals surface area contributed by atoms with Crippen LogP contribution < -0.4 is 0 Å². The highest BCUT2D eigenvalue weighted by Gasteiger charge is 2.21. The monoisotopic (exact) mass is 275 g/mol. The molecule has 80 valence electrons. The molecule has 0 aliphatic carbocycles. The summed E-state index contributed by atoms with van der Waals surface area (Å²) in [5, 5.41) is 4.44. The van der Waals surface area contributed by atoms with E-state index in [1.54, 1.807) is 0 Å². The second kappa shape index (κ2) is 4.26. The molecule has 1 aliphatic rings. The summed E-state index contributed by atoms with van der Waals surface area (Å²) in [6, 6.07) is 3.34. The van der Waals surface area contributed by atoms with Crippen LogP contribution in [0.5, 0.6) is 0 Å². The van der Waals surface area contributed by atoms with Gasteiger partial charge in [-0.15, -0.1) is 0 Å². The molecule has 1 atom stereocenters. The van der Waals surface area contributed by atoms with Crippen molar-refractivity contribution in [3.8, 4) is 0 Å². The van der Waals surface area contributed by atoms with Crippen molar-refractivity contribution in [3.05, 3.63) is 35.4 Å². The molecule has 1 aromatic carbocycles. The molecule has 0 fully saturated rings. The maximum absolute atomic E-state index is 12.9. The third-order valence-electron chi connectivity index (χ3n) is 2.10. The second-order valence-electron chi connectivity index (χ2n) is 3.28. The summed E-state index contributed by atoms with van der Waals surface area (Å²) in [6.45, 7) is 0. The molecule has 0 aromatic heterocycles. The molecule has 1 aromatic rings. The average Bonchev–Trinajstić information content (AvgIpc) is 2.64. The van der Waals surface area contributed by atoms with Crippen LogP contribution in [0.4, 0.5) is 8.78 Å². The molecule has 2 nitrogen and oxygen atoms in total. The third kappa shape index (κ3) is 2.34. The first kappa shape index (κ1) is 10.5. The normalized spacial score (nSPS) is 19.9. The molecular formula is C10H8BrF2NO. The zero-order valence-corrected chi connectivity index (χ0v) is 9.30. The van der Waals surface area contributed by atoms with Crippen molar-refractivity contribution in [2.24, 2.45) is 5.16 Å². The number of oxime groups is 1. The van der Waals surface area contributed by atoms with Crippen LogP contribution in [-0.2, 0) is 4.84 Å². The first-order valence-electron chi connectivity index (χ1n) is 4.44. The van der Waals surface area contributed by atoms with E-state index in [0.29, 0.717) is 23.0 Å². The minimum absolute atomic E-state index is 0.0497. The fourth-order valence-electron chi connectivity index (χ4n) is 1.40. The van der Waals surface area contributed by atoms with Crippen LogP contribution in [0.3, 0.4) is 0 Å². The number of benzene rings is 1. The fourth-order valence-corrected chi connectivity index (χ4v) is 1.75.